The van der Waals surface area contributed by atoms with Crippen molar-refractivity contribution in [3.8, 4) is 11.5 Å². The van der Waals surface area contributed by atoms with Gasteiger partial charge in [0.15, 0.2) is 11.5 Å². The number of amides is 2. The summed E-state index contributed by atoms with van der Waals surface area (Å²) in [6.45, 7) is 1.12. The van der Waals surface area contributed by atoms with Crippen LogP contribution in [0, 0.1) is 5.92 Å². The zero-order valence-corrected chi connectivity index (χ0v) is 15.3. The molecular weight excluding hydrogens is 356 g/mol. The van der Waals surface area contributed by atoms with Gasteiger partial charge in [-0.25, -0.2) is 0 Å². The number of benzene rings is 1. The number of hydrazine groups is 1. The van der Waals surface area contributed by atoms with Crippen LogP contribution in [0.1, 0.15) is 44.1 Å². The van der Waals surface area contributed by atoms with Crippen molar-refractivity contribution in [2.75, 3.05) is 13.2 Å². The van der Waals surface area contributed by atoms with Gasteiger partial charge in [0.05, 0.1) is 18.2 Å². The first kappa shape index (κ1) is 18.6. The van der Waals surface area contributed by atoms with Gasteiger partial charge in [0.25, 0.3) is 5.91 Å². The molecular formula is C19H23ClN2O4. The Bertz CT molecular complexity index is 699. The molecule has 26 heavy (non-hydrogen) atoms. The minimum atomic E-state index is -0.405. The van der Waals surface area contributed by atoms with E-state index in [1.165, 1.54) is 12.5 Å². The van der Waals surface area contributed by atoms with Gasteiger partial charge in [0.2, 0.25) is 5.91 Å². The molecule has 0 radical (unpaired) electrons. The smallest absolute Gasteiger partial charge is 0.262 e. The van der Waals surface area contributed by atoms with Crippen molar-refractivity contribution in [2.24, 2.45) is 5.92 Å². The summed E-state index contributed by atoms with van der Waals surface area (Å²) in [5.74, 6) is 0.571. The van der Waals surface area contributed by atoms with Crippen molar-refractivity contribution in [1.29, 1.82) is 0 Å². The number of carbonyl (C=O) groups excluding carboxylic acids is 2. The highest BCUT2D eigenvalue weighted by molar-refractivity contribution is 6.32. The van der Waals surface area contributed by atoms with Gasteiger partial charge in [-0.3, -0.25) is 20.4 Å². The van der Waals surface area contributed by atoms with Crippen LogP contribution in [0.25, 0.3) is 6.08 Å². The Balaban J connectivity index is 1.55. The SMILES string of the molecule is O=C(/C=C/c1cc(Cl)c2c(c1)OCCCO2)NNC(=O)C1CCCCC1. The third kappa shape index (κ3) is 4.91. The zero-order valence-electron chi connectivity index (χ0n) is 14.6. The molecule has 2 amide bonds. The predicted molar refractivity (Wildman–Crippen MR) is 99.0 cm³/mol. The van der Waals surface area contributed by atoms with Crippen LogP contribution in [0.5, 0.6) is 11.5 Å². The second-order valence-corrected chi connectivity index (χ2v) is 6.93. The molecule has 0 spiro atoms. The van der Waals surface area contributed by atoms with Crippen molar-refractivity contribution in [3.05, 3.63) is 28.8 Å². The minimum Gasteiger partial charge on any atom is -0.489 e. The van der Waals surface area contributed by atoms with Gasteiger partial charge in [-0.2, -0.15) is 0 Å². The zero-order chi connectivity index (χ0) is 18.4. The molecule has 1 aromatic rings. The quantitative estimate of drug-likeness (QED) is 0.625. The van der Waals surface area contributed by atoms with E-state index >= 15 is 0 Å². The molecule has 140 valence electrons. The first-order valence-electron chi connectivity index (χ1n) is 9.00. The highest BCUT2D eigenvalue weighted by Gasteiger charge is 2.21. The van der Waals surface area contributed by atoms with E-state index in [4.69, 9.17) is 21.1 Å². The minimum absolute atomic E-state index is 0.00596. The largest absolute Gasteiger partial charge is 0.489 e. The Morgan fingerprint density at radius 3 is 2.62 bits per heavy atom. The second kappa shape index (κ2) is 8.94. The van der Waals surface area contributed by atoms with Gasteiger partial charge in [-0.1, -0.05) is 30.9 Å². The lowest BCUT2D eigenvalue weighted by Gasteiger charge is -2.20. The average Bonchev–Trinajstić information content (AvgIpc) is 2.91. The molecule has 6 nitrogen and oxygen atoms in total. The molecule has 1 saturated carbocycles. The van der Waals surface area contributed by atoms with E-state index in [0.29, 0.717) is 35.3 Å². The van der Waals surface area contributed by atoms with Crippen LogP contribution in [0.15, 0.2) is 18.2 Å². The summed E-state index contributed by atoms with van der Waals surface area (Å²) in [4.78, 5) is 23.9. The standard InChI is InChI=1S/C19H23ClN2O4/c20-15-11-13(12-16-18(15)26-10-4-9-25-16)7-8-17(23)21-22-19(24)14-5-2-1-3-6-14/h7-8,11-12,14H,1-6,9-10H2,(H,21,23)(H,22,24)/b8-7+. The van der Waals surface area contributed by atoms with E-state index < -0.39 is 5.91 Å². The van der Waals surface area contributed by atoms with Crippen molar-refractivity contribution in [2.45, 2.75) is 38.5 Å². The summed E-state index contributed by atoms with van der Waals surface area (Å²) < 4.78 is 11.2. The van der Waals surface area contributed by atoms with Gasteiger partial charge in [0.1, 0.15) is 0 Å². The number of fused-ring (bicyclic) bond motifs is 1. The van der Waals surface area contributed by atoms with E-state index in [2.05, 4.69) is 10.9 Å². The number of hydrogen-bond donors (Lipinski definition) is 2. The van der Waals surface area contributed by atoms with E-state index in [0.717, 1.165) is 32.1 Å². The maximum atomic E-state index is 12.0. The Hall–Kier alpha value is -2.21. The molecule has 3 rings (SSSR count). The Labute approximate surface area is 157 Å². The van der Waals surface area contributed by atoms with Crippen LogP contribution in [0.4, 0.5) is 0 Å². The fourth-order valence-electron chi connectivity index (χ4n) is 3.15. The molecule has 7 heteroatoms. The summed E-state index contributed by atoms with van der Waals surface area (Å²) in [6.07, 6.45) is 8.82. The van der Waals surface area contributed by atoms with E-state index in [1.54, 1.807) is 18.2 Å². The summed E-state index contributed by atoms with van der Waals surface area (Å²) in [5, 5.41) is 0.440. The van der Waals surface area contributed by atoms with Gasteiger partial charge < -0.3 is 9.47 Å². The monoisotopic (exact) mass is 378 g/mol. The summed E-state index contributed by atoms with van der Waals surface area (Å²) >= 11 is 6.23. The maximum absolute atomic E-state index is 12.0. The first-order valence-corrected chi connectivity index (χ1v) is 9.38. The Kier molecular flexibility index (Phi) is 6.39. The lowest BCUT2D eigenvalue weighted by molar-refractivity contribution is -0.130. The van der Waals surface area contributed by atoms with Crippen LogP contribution in [-0.2, 0) is 9.59 Å². The fraction of sp³-hybridized carbons (Fsp3) is 0.474. The van der Waals surface area contributed by atoms with Crippen molar-refractivity contribution < 1.29 is 19.1 Å². The number of hydrogen-bond acceptors (Lipinski definition) is 4. The molecule has 0 aromatic heterocycles. The number of rotatable bonds is 3. The second-order valence-electron chi connectivity index (χ2n) is 6.53. The number of nitrogens with one attached hydrogen (secondary N) is 2. The molecule has 0 atom stereocenters. The van der Waals surface area contributed by atoms with Crippen LogP contribution >= 0.6 is 11.6 Å². The highest BCUT2D eigenvalue weighted by atomic mass is 35.5. The summed E-state index contributed by atoms with van der Waals surface area (Å²) in [7, 11) is 0. The maximum Gasteiger partial charge on any atom is 0.262 e. The fourth-order valence-corrected chi connectivity index (χ4v) is 3.42. The molecule has 0 bridgehead atoms. The normalized spacial score (nSPS) is 17.6. The van der Waals surface area contributed by atoms with Crippen molar-refractivity contribution in [1.82, 2.24) is 10.9 Å². The van der Waals surface area contributed by atoms with Gasteiger partial charge in [-0.05, 0) is 36.6 Å². The Morgan fingerprint density at radius 1 is 1.04 bits per heavy atom. The lowest BCUT2D eigenvalue weighted by atomic mass is 9.89. The molecule has 0 unspecified atom stereocenters. The summed E-state index contributed by atoms with van der Waals surface area (Å²) in [6, 6.07) is 3.48. The van der Waals surface area contributed by atoms with Crippen molar-refractivity contribution >= 4 is 29.5 Å². The van der Waals surface area contributed by atoms with Crippen LogP contribution in [0.2, 0.25) is 5.02 Å². The lowest BCUT2D eigenvalue weighted by Crippen LogP contribution is -2.44. The average molecular weight is 379 g/mol. The predicted octanol–water partition coefficient (Wildman–Crippen LogP) is 3.24. The van der Waals surface area contributed by atoms with E-state index in [1.807, 2.05) is 0 Å². The Morgan fingerprint density at radius 2 is 1.81 bits per heavy atom. The number of carbonyl (C=O) groups is 2. The van der Waals surface area contributed by atoms with Crippen LogP contribution in [-0.4, -0.2) is 25.0 Å². The van der Waals surface area contributed by atoms with Gasteiger partial charge in [-0.15, -0.1) is 0 Å². The van der Waals surface area contributed by atoms with E-state index in [-0.39, 0.29) is 11.8 Å². The van der Waals surface area contributed by atoms with Gasteiger partial charge in [0, 0.05) is 18.4 Å². The molecule has 1 aliphatic heterocycles. The van der Waals surface area contributed by atoms with Crippen LogP contribution < -0.4 is 20.3 Å². The molecule has 1 aromatic carbocycles. The molecule has 1 heterocycles. The number of ether oxygens (including phenoxy) is 2. The third-order valence-electron chi connectivity index (χ3n) is 4.54. The molecule has 2 aliphatic rings. The van der Waals surface area contributed by atoms with Crippen molar-refractivity contribution in [3.63, 3.8) is 0 Å². The number of halogens is 1. The molecule has 0 saturated heterocycles. The molecule has 1 fully saturated rings. The highest BCUT2D eigenvalue weighted by Crippen LogP contribution is 2.38. The first-order chi connectivity index (χ1) is 12.6. The third-order valence-corrected chi connectivity index (χ3v) is 4.82. The van der Waals surface area contributed by atoms with E-state index in [9.17, 15) is 9.59 Å². The van der Waals surface area contributed by atoms with Crippen LogP contribution in [0.3, 0.4) is 0 Å². The topological polar surface area (TPSA) is 76.7 Å². The molecule has 1 aliphatic carbocycles. The summed E-state index contributed by atoms with van der Waals surface area (Å²) in [5.41, 5.74) is 5.64. The van der Waals surface area contributed by atoms with Gasteiger partial charge >= 0.3 is 0 Å². The molecule has 2 N–H and O–H groups in total.